The highest BCUT2D eigenvalue weighted by Crippen LogP contribution is 2.13. The largest absolute Gasteiger partial charge is 0.388 e. The summed E-state index contributed by atoms with van der Waals surface area (Å²) < 4.78 is 1.70. The van der Waals surface area contributed by atoms with E-state index in [-0.39, 0.29) is 0 Å². The van der Waals surface area contributed by atoms with Crippen molar-refractivity contribution in [3.63, 3.8) is 0 Å². The Labute approximate surface area is 81.8 Å². The maximum atomic E-state index is 3.89. The van der Waals surface area contributed by atoms with Crippen LogP contribution in [0.2, 0.25) is 0 Å². The molecule has 0 amide bonds. The van der Waals surface area contributed by atoms with Gasteiger partial charge >= 0.3 is 0 Å². The summed E-state index contributed by atoms with van der Waals surface area (Å²) in [6.07, 6.45) is 0. The van der Waals surface area contributed by atoms with Crippen LogP contribution in [-0.4, -0.2) is 27.3 Å². The zero-order chi connectivity index (χ0) is 9.97. The molecule has 1 aromatic carbocycles. The third kappa shape index (κ3) is 1.44. The summed E-state index contributed by atoms with van der Waals surface area (Å²) in [4.78, 5) is 0. The molecule has 0 bridgehead atoms. The van der Waals surface area contributed by atoms with Crippen LogP contribution >= 0.6 is 0 Å². The molecule has 1 N–H and O–H groups in total. The summed E-state index contributed by atoms with van der Waals surface area (Å²) in [7, 11) is 1.88. The Bertz CT molecular complexity index is 434. The molecule has 1 aromatic heterocycles. The number of nitrogens with one attached hydrogen (secondary N) is 1. The van der Waals surface area contributed by atoms with Crippen molar-refractivity contribution >= 4 is 5.69 Å². The first-order valence-corrected chi connectivity index (χ1v) is 4.34. The molecular formula is C9H11N5. The quantitative estimate of drug-likeness (QED) is 0.766. The molecule has 2 rings (SSSR count). The number of rotatable bonds is 2. The molecule has 0 atom stereocenters. The highest BCUT2D eigenvalue weighted by molar-refractivity contribution is 5.50. The molecule has 0 aliphatic rings. The normalized spacial score (nSPS) is 10.1. The fourth-order valence-electron chi connectivity index (χ4n) is 1.26. The van der Waals surface area contributed by atoms with Gasteiger partial charge < -0.3 is 5.32 Å². The lowest BCUT2D eigenvalue weighted by molar-refractivity contribution is 0.779. The predicted molar refractivity (Wildman–Crippen MR) is 53.4 cm³/mol. The van der Waals surface area contributed by atoms with Gasteiger partial charge in [-0.2, -0.15) is 4.68 Å². The molecule has 5 nitrogen and oxygen atoms in total. The number of tetrazole rings is 1. The number of anilines is 1. The van der Waals surface area contributed by atoms with Crippen molar-refractivity contribution in [3.05, 3.63) is 30.1 Å². The van der Waals surface area contributed by atoms with Gasteiger partial charge in [-0.3, -0.25) is 0 Å². The Morgan fingerprint density at radius 2 is 2.21 bits per heavy atom. The van der Waals surface area contributed by atoms with Gasteiger partial charge in [0.15, 0.2) is 5.82 Å². The highest BCUT2D eigenvalue weighted by atomic mass is 15.5. The predicted octanol–water partition coefficient (Wildman–Crippen LogP) is 1.01. The Balaban J connectivity index is 2.47. The summed E-state index contributed by atoms with van der Waals surface area (Å²) in [5.41, 5.74) is 2.00. The minimum atomic E-state index is 0.776. The van der Waals surface area contributed by atoms with Crippen LogP contribution in [0.3, 0.4) is 0 Å². The molecule has 0 spiro atoms. The van der Waals surface area contributed by atoms with E-state index in [1.807, 2.05) is 38.2 Å². The lowest BCUT2D eigenvalue weighted by Crippen LogP contribution is -2.00. The lowest BCUT2D eigenvalue weighted by Gasteiger charge is -2.04. The van der Waals surface area contributed by atoms with E-state index in [2.05, 4.69) is 20.8 Å². The molecule has 2 aromatic rings. The van der Waals surface area contributed by atoms with E-state index in [9.17, 15) is 0 Å². The number of aromatic nitrogens is 4. The van der Waals surface area contributed by atoms with Crippen LogP contribution in [0, 0.1) is 6.92 Å². The first-order valence-electron chi connectivity index (χ1n) is 4.34. The van der Waals surface area contributed by atoms with Gasteiger partial charge in [-0.25, -0.2) is 0 Å². The summed E-state index contributed by atoms with van der Waals surface area (Å²) in [5.74, 6) is 0.776. The minimum Gasteiger partial charge on any atom is -0.388 e. The number of benzene rings is 1. The Morgan fingerprint density at radius 1 is 1.36 bits per heavy atom. The average molecular weight is 189 g/mol. The number of nitrogens with zero attached hydrogens (tertiary/aromatic N) is 4. The standard InChI is InChI=1S/C9H11N5/c1-7-11-12-13-14(7)9-5-3-4-8(6-9)10-2/h3-6,10H,1-2H3. The molecule has 14 heavy (non-hydrogen) atoms. The van der Waals surface area contributed by atoms with Crippen LogP contribution in [0.15, 0.2) is 24.3 Å². The van der Waals surface area contributed by atoms with Crippen LogP contribution in [-0.2, 0) is 0 Å². The van der Waals surface area contributed by atoms with Gasteiger partial charge in [-0.15, -0.1) is 5.10 Å². The average Bonchev–Trinajstić information content (AvgIpc) is 2.65. The Morgan fingerprint density at radius 3 is 2.86 bits per heavy atom. The van der Waals surface area contributed by atoms with Crippen molar-refractivity contribution in [2.24, 2.45) is 0 Å². The fraction of sp³-hybridized carbons (Fsp3) is 0.222. The SMILES string of the molecule is CNc1cccc(-n2nnnc2C)c1. The van der Waals surface area contributed by atoms with Gasteiger partial charge in [-0.05, 0) is 35.5 Å². The van der Waals surface area contributed by atoms with Crippen molar-refractivity contribution in [2.75, 3.05) is 12.4 Å². The van der Waals surface area contributed by atoms with Gasteiger partial charge in [0, 0.05) is 12.7 Å². The summed E-state index contributed by atoms with van der Waals surface area (Å²) in [6, 6.07) is 7.90. The molecule has 0 saturated heterocycles. The van der Waals surface area contributed by atoms with E-state index in [4.69, 9.17) is 0 Å². The Kier molecular flexibility index (Phi) is 2.14. The number of hydrogen-bond acceptors (Lipinski definition) is 4. The molecule has 0 aliphatic heterocycles. The van der Waals surface area contributed by atoms with E-state index < -0.39 is 0 Å². The molecule has 0 radical (unpaired) electrons. The van der Waals surface area contributed by atoms with Gasteiger partial charge in [0.05, 0.1) is 5.69 Å². The van der Waals surface area contributed by atoms with Gasteiger partial charge in [0.25, 0.3) is 0 Å². The summed E-state index contributed by atoms with van der Waals surface area (Å²) in [6.45, 7) is 1.87. The molecule has 72 valence electrons. The molecule has 0 unspecified atom stereocenters. The summed E-state index contributed by atoms with van der Waals surface area (Å²) >= 11 is 0. The van der Waals surface area contributed by atoms with E-state index in [0.717, 1.165) is 17.2 Å². The molecular weight excluding hydrogens is 178 g/mol. The molecule has 0 saturated carbocycles. The third-order valence-electron chi connectivity index (χ3n) is 2.00. The molecule has 5 heteroatoms. The molecule has 0 fully saturated rings. The number of aryl methyl sites for hydroxylation is 1. The van der Waals surface area contributed by atoms with Crippen molar-refractivity contribution < 1.29 is 0 Å². The highest BCUT2D eigenvalue weighted by Gasteiger charge is 2.02. The van der Waals surface area contributed by atoms with Crippen LogP contribution in [0.5, 0.6) is 0 Å². The van der Waals surface area contributed by atoms with Gasteiger partial charge in [-0.1, -0.05) is 6.07 Å². The first kappa shape index (κ1) is 8.68. The first-order chi connectivity index (χ1) is 6.81. The topological polar surface area (TPSA) is 55.6 Å². The van der Waals surface area contributed by atoms with Crippen LogP contribution in [0.25, 0.3) is 5.69 Å². The zero-order valence-electron chi connectivity index (χ0n) is 8.10. The van der Waals surface area contributed by atoms with Crippen molar-refractivity contribution in [1.82, 2.24) is 20.2 Å². The molecule has 1 heterocycles. The van der Waals surface area contributed by atoms with Crippen molar-refractivity contribution in [2.45, 2.75) is 6.92 Å². The fourth-order valence-corrected chi connectivity index (χ4v) is 1.26. The van der Waals surface area contributed by atoms with Crippen LogP contribution < -0.4 is 5.32 Å². The second-order valence-corrected chi connectivity index (χ2v) is 2.94. The Hall–Kier alpha value is -1.91. The smallest absolute Gasteiger partial charge is 0.153 e. The van der Waals surface area contributed by atoms with Crippen molar-refractivity contribution in [1.29, 1.82) is 0 Å². The van der Waals surface area contributed by atoms with Crippen molar-refractivity contribution in [3.8, 4) is 5.69 Å². The summed E-state index contributed by atoms with van der Waals surface area (Å²) in [5, 5.41) is 14.4. The van der Waals surface area contributed by atoms with E-state index in [0.29, 0.717) is 0 Å². The van der Waals surface area contributed by atoms with Gasteiger partial charge in [0.2, 0.25) is 0 Å². The second kappa shape index (κ2) is 3.45. The van der Waals surface area contributed by atoms with E-state index >= 15 is 0 Å². The maximum Gasteiger partial charge on any atom is 0.153 e. The second-order valence-electron chi connectivity index (χ2n) is 2.94. The van der Waals surface area contributed by atoms with Crippen LogP contribution in [0.4, 0.5) is 5.69 Å². The maximum absolute atomic E-state index is 3.89. The monoisotopic (exact) mass is 189 g/mol. The third-order valence-corrected chi connectivity index (χ3v) is 2.00. The van der Waals surface area contributed by atoms with E-state index in [1.165, 1.54) is 0 Å². The zero-order valence-corrected chi connectivity index (χ0v) is 8.10. The van der Waals surface area contributed by atoms with E-state index in [1.54, 1.807) is 4.68 Å². The lowest BCUT2D eigenvalue weighted by atomic mass is 10.3. The number of hydrogen-bond donors (Lipinski definition) is 1. The minimum absolute atomic E-state index is 0.776. The molecule has 0 aliphatic carbocycles. The van der Waals surface area contributed by atoms with Gasteiger partial charge in [0.1, 0.15) is 0 Å². The van der Waals surface area contributed by atoms with Crippen LogP contribution in [0.1, 0.15) is 5.82 Å².